The molecule has 0 atom stereocenters. The first-order valence-electron chi connectivity index (χ1n) is 5.07. The number of allylic oxidation sites excluding steroid dienone is 4. The minimum atomic E-state index is -1.47. The van der Waals surface area contributed by atoms with Gasteiger partial charge in [-0.05, 0) is 18.0 Å². The van der Waals surface area contributed by atoms with Crippen LogP contribution in [-0.4, -0.2) is 17.2 Å². The SMILES string of the molecule is C=C/C(=C\C=C\c1cccc(C)c1)B(O)O. The Hall–Kier alpha value is -1.58. The highest BCUT2D eigenvalue weighted by Crippen LogP contribution is 2.06. The quantitative estimate of drug-likeness (QED) is 0.595. The lowest BCUT2D eigenvalue weighted by molar-refractivity contribution is 0.421. The lowest BCUT2D eigenvalue weighted by atomic mass is 9.79. The van der Waals surface area contributed by atoms with E-state index in [1.165, 1.54) is 11.6 Å². The Morgan fingerprint density at radius 3 is 2.69 bits per heavy atom. The topological polar surface area (TPSA) is 40.5 Å². The van der Waals surface area contributed by atoms with E-state index in [4.69, 9.17) is 10.0 Å². The molecule has 0 aliphatic rings. The first-order valence-corrected chi connectivity index (χ1v) is 5.07. The van der Waals surface area contributed by atoms with Gasteiger partial charge in [-0.1, -0.05) is 60.7 Å². The highest BCUT2D eigenvalue weighted by atomic mass is 16.4. The molecule has 0 aromatic heterocycles. The summed E-state index contributed by atoms with van der Waals surface area (Å²) in [5.41, 5.74) is 2.65. The molecule has 0 saturated heterocycles. The molecule has 82 valence electrons. The average molecular weight is 214 g/mol. The van der Waals surface area contributed by atoms with Gasteiger partial charge in [0.2, 0.25) is 0 Å². The van der Waals surface area contributed by atoms with Gasteiger partial charge in [0.15, 0.2) is 0 Å². The zero-order valence-corrected chi connectivity index (χ0v) is 9.30. The summed E-state index contributed by atoms with van der Waals surface area (Å²) in [6, 6.07) is 8.04. The minimum Gasteiger partial charge on any atom is -0.423 e. The van der Waals surface area contributed by atoms with Crippen LogP contribution in [0.3, 0.4) is 0 Å². The largest absolute Gasteiger partial charge is 0.488 e. The molecule has 16 heavy (non-hydrogen) atoms. The van der Waals surface area contributed by atoms with Crippen molar-refractivity contribution in [1.82, 2.24) is 0 Å². The monoisotopic (exact) mass is 214 g/mol. The fourth-order valence-corrected chi connectivity index (χ4v) is 1.30. The molecule has 1 aromatic carbocycles. The smallest absolute Gasteiger partial charge is 0.423 e. The maximum absolute atomic E-state index is 8.94. The molecule has 0 aliphatic carbocycles. The molecule has 1 rings (SSSR count). The van der Waals surface area contributed by atoms with Gasteiger partial charge in [-0.2, -0.15) is 0 Å². The standard InChI is InChI=1S/C13H15BO2/c1-3-13(14(15)16)9-5-8-12-7-4-6-11(2)10-12/h3-10,15-16H,1H2,2H3/b8-5+,13-9+. The van der Waals surface area contributed by atoms with Crippen LogP contribution in [0.25, 0.3) is 6.08 Å². The van der Waals surface area contributed by atoms with Gasteiger partial charge < -0.3 is 10.0 Å². The van der Waals surface area contributed by atoms with Crippen molar-refractivity contribution in [1.29, 1.82) is 0 Å². The number of benzene rings is 1. The Morgan fingerprint density at radius 2 is 2.12 bits per heavy atom. The summed E-state index contributed by atoms with van der Waals surface area (Å²) >= 11 is 0. The molecule has 0 unspecified atom stereocenters. The third-order valence-corrected chi connectivity index (χ3v) is 2.15. The van der Waals surface area contributed by atoms with Gasteiger partial charge in [-0.25, -0.2) is 0 Å². The van der Waals surface area contributed by atoms with Crippen LogP contribution in [0.5, 0.6) is 0 Å². The minimum absolute atomic E-state index is 0.379. The summed E-state index contributed by atoms with van der Waals surface area (Å²) in [5.74, 6) is 0. The summed E-state index contributed by atoms with van der Waals surface area (Å²) in [5, 5.41) is 17.9. The molecule has 0 fully saturated rings. The Morgan fingerprint density at radius 1 is 1.38 bits per heavy atom. The van der Waals surface area contributed by atoms with Crippen molar-refractivity contribution >= 4 is 13.2 Å². The number of hydrogen-bond acceptors (Lipinski definition) is 2. The van der Waals surface area contributed by atoms with Crippen LogP contribution in [0.15, 0.2) is 54.5 Å². The Bertz CT molecular complexity index is 420. The van der Waals surface area contributed by atoms with Crippen molar-refractivity contribution in [2.75, 3.05) is 0 Å². The van der Waals surface area contributed by atoms with Gasteiger partial charge in [0.1, 0.15) is 0 Å². The molecule has 0 amide bonds. The summed E-state index contributed by atoms with van der Waals surface area (Å²) < 4.78 is 0. The lowest BCUT2D eigenvalue weighted by Crippen LogP contribution is -2.13. The van der Waals surface area contributed by atoms with Crippen molar-refractivity contribution < 1.29 is 10.0 Å². The van der Waals surface area contributed by atoms with Crippen LogP contribution in [0, 0.1) is 6.92 Å². The Labute approximate surface area is 96.4 Å². The molecule has 0 aliphatic heterocycles. The molecule has 3 heteroatoms. The Balaban J connectivity index is 2.78. The van der Waals surface area contributed by atoms with E-state index in [1.54, 1.807) is 12.2 Å². The van der Waals surface area contributed by atoms with E-state index in [-0.39, 0.29) is 0 Å². The van der Waals surface area contributed by atoms with E-state index in [9.17, 15) is 0 Å². The van der Waals surface area contributed by atoms with Crippen molar-refractivity contribution in [3.8, 4) is 0 Å². The third-order valence-electron chi connectivity index (χ3n) is 2.15. The highest BCUT2D eigenvalue weighted by molar-refractivity contribution is 6.51. The molecule has 0 heterocycles. The summed E-state index contributed by atoms with van der Waals surface area (Å²) in [6.07, 6.45) is 6.72. The van der Waals surface area contributed by atoms with Crippen LogP contribution in [0.1, 0.15) is 11.1 Å². The van der Waals surface area contributed by atoms with Gasteiger partial charge in [0.05, 0.1) is 0 Å². The van der Waals surface area contributed by atoms with Crippen molar-refractivity contribution in [3.63, 3.8) is 0 Å². The fourth-order valence-electron chi connectivity index (χ4n) is 1.30. The van der Waals surface area contributed by atoms with Crippen LogP contribution < -0.4 is 0 Å². The fraction of sp³-hybridized carbons (Fsp3) is 0.0769. The second kappa shape index (κ2) is 6.11. The Kier molecular flexibility index (Phi) is 4.77. The van der Waals surface area contributed by atoms with Crippen molar-refractivity contribution in [2.24, 2.45) is 0 Å². The van der Waals surface area contributed by atoms with E-state index in [0.29, 0.717) is 5.47 Å². The zero-order valence-electron chi connectivity index (χ0n) is 9.30. The van der Waals surface area contributed by atoms with E-state index >= 15 is 0 Å². The van der Waals surface area contributed by atoms with E-state index < -0.39 is 7.12 Å². The second-order valence-corrected chi connectivity index (χ2v) is 3.52. The number of rotatable bonds is 4. The lowest BCUT2D eigenvalue weighted by Gasteiger charge is -1.97. The van der Waals surface area contributed by atoms with Crippen LogP contribution in [0.2, 0.25) is 0 Å². The molecule has 0 radical (unpaired) electrons. The van der Waals surface area contributed by atoms with Crippen molar-refractivity contribution in [3.05, 3.63) is 65.7 Å². The summed E-state index contributed by atoms with van der Waals surface area (Å²) in [6.45, 7) is 5.53. The molecule has 2 nitrogen and oxygen atoms in total. The van der Waals surface area contributed by atoms with Gasteiger partial charge in [0, 0.05) is 0 Å². The number of aryl methyl sites for hydroxylation is 1. The van der Waals surface area contributed by atoms with Crippen LogP contribution in [-0.2, 0) is 0 Å². The molecule has 0 spiro atoms. The van der Waals surface area contributed by atoms with E-state index in [1.807, 2.05) is 37.3 Å². The summed E-state index contributed by atoms with van der Waals surface area (Å²) in [4.78, 5) is 0. The summed E-state index contributed by atoms with van der Waals surface area (Å²) in [7, 11) is -1.47. The molecular formula is C13H15BO2. The molecule has 1 aromatic rings. The molecular weight excluding hydrogens is 199 g/mol. The van der Waals surface area contributed by atoms with E-state index in [0.717, 1.165) is 5.56 Å². The van der Waals surface area contributed by atoms with Gasteiger partial charge >= 0.3 is 7.12 Å². The predicted molar refractivity (Wildman–Crippen MR) is 68.7 cm³/mol. The normalized spacial score (nSPS) is 11.8. The first-order chi connectivity index (χ1) is 7.63. The van der Waals surface area contributed by atoms with Gasteiger partial charge in [-0.3, -0.25) is 0 Å². The number of hydrogen-bond donors (Lipinski definition) is 2. The maximum atomic E-state index is 8.94. The van der Waals surface area contributed by atoms with E-state index in [2.05, 4.69) is 6.58 Å². The zero-order chi connectivity index (χ0) is 12.0. The molecule has 0 saturated carbocycles. The second-order valence-electron chi connectivity index (χ2n) is 3.52. The van der Waals surface area contributed by atoms with Crippen LogP contribution in [0.4, 0.5) is 0 Å². The van der Waals surface area contributed by atoms with Gasteiger partial charge in [-0.15, -0.1) is 0 Å². The average Bonchev–Trinajstić information content (AvgIpc) is 2.24. The first kappa shape index (κ1) is 12.5. The van der Waals surface area contributed by atoms with Crippen LogP contribution >= 0.6 is 0 Å². The molecule has 2 N–H and O–H groups in total. The van der Waals surface area contributed by atoms with Crippen molar-refractivity contribution in [2.45, 2.75) is 6.92 Å². The maximum Gasteiger partial charge on any atom is 0.488 e. The predicted octanol–water partition coefficient (Wildman–Crippen LogP) is 2.13. The molecule has 0 bridgehead atoms. The highest BCUT2D eigenvalue weighted by Gasteiger charge is 2.08. The third kappa shape index (κ3) is 3.89. The van der Waals surface area contributed by atoms with Gasteiger partial charge in [0.25, 0.3) is 0 Å².